The van der Waals surface area contributed by atoms with Crippen LogP contribution in [0, 0.1) is 26.1 Å². The van der Waals surface area contributed by atoms with E-state index in [0.717, 1.165) is 6.08 Å². The number of hydrogen-bond donors (Lipinski definition) is 1. The average molecular weight is 242 g/mol. The third-order valence-electron chi connectivity index (χ3n) is 3.19. The lowest BCUT2D eigenvalue weighted by atomic mass is 9.79. The summed E-state index contributed by atoms with van der Waals surface area (Å²) in [5.41, 5.74) is -2.47. The van der Waals surface area contributed by atoms with Crippen LogP contribution in [0.3, 0.4) is 0 Å². The second-order valence-electron chi connectivity index (χ2n) is 4.11. The summed E-state index contributed by atoms with van der Waals surface area (Å²) in [4.78, 5) is 20.0. The molecule has 0 radical (unpaired) electrons. The molecule has 2 unspecified atom stereocenters. The van der Waals surface area contributed by atoms with Crippen molar-refractivity contribution in [3.63, 3.8) is 0 Å². The van der Waals surface area contributed by atoms with Crippen molar-refractivity contribution in [3.8, 4) is 0 Å². The van der Waals surface area contributed by atoms with Crippen molar-refractivity contribution in [3.05, 3.63) is 43.8 Å². The fraction of sp³-hybridized carbons (Fsp3) is 0.600. The van der Waals surface area contributed by atoms with Gasteiger partial charge in [0.1, 0.15) is 0 Å². The van der Waals surface area contributed by atoms with Crippen molar-refractivity contribution in [2.45, 2.75) is 32.3 Å². The number of nitrogens with zero attached hydrogens (tertiary/aromatic N) is 2. The minimum atomic E-state index is -1.63. The smallest absolute Gasteiger partial charge is 0.284 e. The average Bonchev–Trinajstić information content (AvgIpc) is 2.27. The molecule has 1 aliphatic carbocycles. The Morgan fingerprint density at radius 2 is 2.06 bits per heavy atom. The summed E-state index contributed by atoms with van der Waals surface area (Å²) in [5, 5.41) is 31.7. The summed E-state index contributed by atoms with van der Waals surface area (Å²) in [5.74, 6) is -0.344. The van der Waals surface area contributed by atoms with E-state index in [9.17, 15) is 25.3 Å². The van der Waals surface area contributed by atoms with Crippen molar-refractivity contribution in [2.75, 3.05) is 0 Å². The molecule has 0 amide bonds. The van der Waals surface area contributed by atoms with Gasteiger partial charge in [0, 0.05) is 6.42 Å². The van der Waals surface area contributed by atoms with Gasteiger partial charge in [-0.25, -0.2) is 0 Å². The zero-order valence-corrected chi connectivity index (χ0v) is 9.62. The highest BCUT2D eigenvalue weighted by molar-refractivity contribution is 5.28. The quantitative estimate of drug-likeness (QED) is 0.593. The van der Waals surface area contributed by atoms with Crippen LogP contribution < -0.4 is 0 Å². The van der Waals surface area contributed by atoms with Gasteiger partial charge in [-0.1, -0.05) is 20.3 Å². The maximum Gasteiger partial charge on any atom is 0.284 e. The minimum Gasteiger partial charge on any atom is -0.378 e. The molecule has 94 valence electrons. The third-order valence-corrected chi connectivity index (χ3v) is 3.19. The lowest BCUT2D eigenvalue weighted by Crippen LogP contribution is -2.42. The van der Waals surface area contributed by atoms with Gasteiger partial charge < -0.3 is 5.11 Å². The lowest BCUT2D eigenvalue weighted by molar-refractivity contribution is -0.454. The largest absolute Gasteiger partial charge is 0.378 e. The highest BCUT2D eigenvalue weighted by Gasteiger charge is 2.47. The lowest BCUT2D eigenvalue weighted by Gasteiger charge is -2.31. The number of allylic oxidation sites excluding steroid dienone is 1. The monoisotopic (exact) mass is 242 g/mol. The van der Waals surface area contributed by atoms with Crippen molar-refractivity contribution in [1.82, 2.24) is 0 Å². The first-order valence-corrected chi connectivity index (χ1v) is 5.26. The highest BCUT2D eigenvalue weighted by atomic mass is 16.6. The molecule has 7 heteroatoms. The van der Waals surface area contributed by atoms with Crippen LogP contribution in [0.4, 0.5) is 0 Å². The van der Waals surface area contributed by atoms with Crippen LogP contribution in [0.15, 0.2) is 23.5 Å². The first-order chi connectivity index (χ1) is 7.82. The highest BCUT2D eigenvalue weighted by Crippen LogP contribution is 2.36. The topological polar surface area (TPSA) is 107 Å². The molecule has 0 fully saturated rings. The maximum absolute atomic E-state index is 10.9. The van der Waals surface area contributed by atoms with Crippen LogP contribution in [0.2, 0.25) is 0 Å². The fourth-order valence-electron chi connectivity index (χ4n) is 1.82. The molecule has 0 spiro atoms. The molecule has 0 aliphatic heterocycles. The van der Waals surface area contributed by atoms with Gasteiger partial charge in [-0.05, 0) is 12.0 Å². The summed E-state index contributed by atoms with van der Waals surface area (Å²) in [6.07, 6.45) is 2.50. The number of hydrogen-bond acceptors (Lipinski definition) is 5. The molecule has 0 heterocycles. The Balaban J connectivity index is 3.20. The molecular formula is C10H14N2O5. The Labute approximate surface area is 97.7 Å². The van der Waals surface area contributed by atoms with Gasteiger partial charge in [-0.3, -0.25) is 20.2 Å². The molecule has 0 saturated carbocycles. The van der Waals surface area contributed by atoms with Crippen LogP contribution in [-0.4, -0.2) is 20.6 Å². The predicted molar refractivity (Wildman–Crippen MR) is 59.2 cm³/mol. The molecule has 0 aromatic rings. The molecule has 17 heavy (non-hydrogen) atoms. The van der Waals surface area contributed by atoms with E-state index in [4.69, 9.17) is 0 Å². The van der Waals surface area contributed by atoms with Gasteiger partial charge in [0.25, 0.3) is 11.4 Å². The molecule has 1 N–H and O–H groups in total. The molecule has 2 atom stereocenters. The zero-order chi connectivity index (χ0) is 13.2. The van der Waals surface area contributed by atoms with Gasteiger partial charge in [0.15, 0.2) is 5.60 Å². The number of nitro groups is 2. The standard InChI is InChI=1S/C10H14N2O5/c1-3-7(2)10(13)5-4-8(11(14)15)6-9(10)12(16)17/h4,6-7,13H,3,5H2,1-2H3. The van der Waals surface area contributed by atoms with E-state index >= 15 is 0 Å². The van der Waals surface area contributed by atoms with Gasteiger partial charge >= 0.3 is 0 Å². The first-order valence-electron chi connectivity index (χ1n) is 5.26. The van der Waals surface area contributed by atoms with Crippen LogP contribution in [-0.2, 0) is 0 Å². The Morgan fingerprint density at radius 1 is 1.47 bits per heavy atom. The molecule has 1 aliphatic rings. The second kappa shape index (κ2) is 4.62. The number of rotatable bonds is 4. The molecule has 0 bridgehead atoms. The Kier molecular flexibility index (Phi) is 3.62. The van der Waals surface area contributed by atoms with Gasteiger partial charge in [0.05, 0.1) is 15.9 Å². The Hall–Kier alpha value is -1.76. The summed E-state index contributed by atoms with van der Waals surface area (Å²) in [6, 6.07) is 0. The third kappa shape index (κ3) is 2.33. The van der Waals surface area contributed by atoms with Crippen LogP contribution in [0.1, 0.15) is 26.7 Å². The van der Waals surface area contributed by atoms with Crippen molar-refractivity contribution < 1.29 is 15.0 Å². The van der Waals surface area contributed by atoms with Crippen molar-refractivity contribution in [1.29, 1.82) is 0 Å². The normalized spacial score (nSPS) is 25.8. The van der Waals surface area contributed by atoms with Crippen LogP contribution in [0.25, 0.3) is 0 Å². The van der Waals surface area contributed by atoms with E-state index in [2.05, 4.69) is 0 Å². The summed E-state index contributed by atoms with van der Waals surface area (Å²) >= 11 is 0. The SMILES string of the molecule is CCC(C)C1(O)CC=C([N+](=O)[O-])C=C1[N+](=O)[O-]. The van der Waals surface area contributed by atoms with E-state index in [1.165, 1.54) is 6.08 Å². The van der Waals surface area contributed by atoms with E-state index in [0.29, 0.717) is 6.42 Å². The maximum atomic E-state index is 10.9. The van der Waals surface area contributed by atoms with Crippen molar-refractivity contribution >= 4 is 0 Å². The summed E-state index contributed by atoms with van der Waals surface area (Å²) in [7, 11) is 0. The summed E-state index contributed by atoms with van der Waals surface area (Å²) in [6.45, 7) is 3.48. The molecule has 1 rings (SSSR count). The Morgan fingerprint density at radius 3 is 2.47 bits per heavy atom. The van der Waals surface area contributed by atoms with E-state index in [-0.39, 0.29) is 18.0 Å². The molecular weight excluding hydrogens is 228 g/mol. The predicted octanol–water partition coefficient (Wildman–Crippen LogP) is 1.49. The first kappa shape index (κ1) is 13.3. The molecule has 0 saturated heterocycles. The van der Waals surface area contributed by atoms with E-state index in [1.807, 2.05) is 0 Å². The number of aliphatic hydroxyl groups is 1. The van der Waals surface area contributed by atoms with E-state index < -0.39 is 21.1 Å². The molecule has 7 nitrogen and oxygen atoms in total. The minimum absolute atomic E-state index is 0.106. The van der Waals surface area contributed by atoms with Gasteiger partial charge in [-0.2, -0.15) is 0 Å². The van der Waals surface area contributed by atoms with Crippen LogP contribution in [0.5, 0.6) is 0 Å². The van der Waals surface area contributed by atoms with Crippen LogP contribution >= 0.6 is 0 Å². The van der Waals surface area contributed by atoms with E-state index in [1.54, 1.807) is 13.8 Å². The zero-order valence-electron chi connectivity index (χ0n) is 9.62. The molecule has 0 aromatic carbocycles. The van der Waals surface area contributed by atoms with Crippen molar-refractivity contribution in [2.24, 2.45) is 5.92 Å². The van der Waals surface area contributed by atoms with Gasteiger partial charge in [-0.15, -0.1) is 0 Å². The van der Waals surface area contributed by atoms with Gasteiger partial charge in [0.2, 0.25) is 0 Å². The second-order valence-corrected chi connectivity index (χ2v) is 4.11. The Bertz CT molecular complexity index is 415. The summed E-state index contributed by atoms with van der Waals surface area (Å²) < 4.78 is 0. The fourth-order valence-corrected chi connectivity index (χ4v) is 1.82. The molecule has 0 aromatic heterocycles.